The van der Waals surface area contributed by atoms with Crippen LogP contribution in [0.25, 0.3) is 0 Å². The van der Waals surface area contributed by atoms with Crippen LogP contribution in [0.1, 0.15) is 55.8 Å². The molecule has 0 N–H and O–H groups in total. The van der Waals surface area contributed by atoms with E-state index >= 15 is 0 Å². The molecule has 6 heteroatoms. The summed E-state index contributed by atoms with van der Waals surface area (Å²) in [4.78, 5) is 17.6. The summed E-state index contributed by atoms with van der Waals surface area (Å²) in [6.45, 7) is 4.49. The second kappa shape index (κ2) is 7.97. The maximum Gasteiger partial charge on any atom is 0.260 e. The van der Waals surface area contributed by atoms with Gasteiger partial charge in [-0.15, -0.1) is 0 Å². The first-order valence-corrected chi connectivity index (χ1v) is 10.6. The maximum absolute atomic E-state index is 14.4. The summed E-state index contributed by atoms with van der Waals surface area (Å²) in [6, 6.07) is 3.51. The van der Waals surface area contributed by atoms with Crippen molar-refractivity contribution in [1.29, 1.82) is 0 Å². The summed E-state index contributed by atoms with van der Waals surface area (Å²) in [5, 5.41) is 0. The van der Waals surface area contributed by atoms with Gasteiger partial charge in [0.05, 0.1) is 7.11 Å². The molecule has 4 nitrogen and oxygen atoms in total. The summed E-state index contributed by atoms with van der Waals surface area (Å²) < 4.78 is 33.4. The molecule has 1 aromatic carbocycles. The molecule has 0 spiro atoms. The lowest BCUT2D eigenvalue weighted by molar-refractivity contribution is -0.0520. The molecular weight excluding hydrogens is 362 g/mol. The van der Waals surface area contributed by atoms with E-state index in [9.17, 15) is 13.6 Å². The van der Waals surface area contributed by atoms with Crippen molar-refractivity contribution in [1.82, 2.24) is 9.80 Å². The molecule has 1 aromatic rings. The van der Waals surface area contributed by atoms with Crippen LogP contribution >= 0.6 is 0 Å². The fourth-order valence-electron chi connectivity index (χ4n) is 5.78. The second-order valence-electron chi connectivity index (χ2n) is 8.65. The van der Waals surface area contributed by atoms with Crippen molar-refractivity contribution >= 4 is 5.91 Å². The summed E-state index contributed by atoms with van der Waals surface area (Å²) in [6.07, 6.45) is 7.27. The lowest BCUT2D eigenvalue weighted by atomic mass is 9.74. The quantitative estimate of drug-likeness (QED) is 0.774. The third-order valence-electron chi connectivity index (χ3n) is 6.91. The van der Waals surface area contributed by atoms with Crippen molar-refractivity contribution in [2.24, 2.45) is 11.8 Å². The second-order valence-corrected chi connectivity index (χ2v) is 8.65. The third-order valence-corrected chi connectivity index (χ3v) is 6.91. The zero-order valence-corrected chi connectivity index (χ0v) is 16.8. The van der Waals surface area contributed by atoms with Gasteiger partial charge < -0.3 is 9.64 Å². The van der Waals surface area contributed by atoms with Gasteiger partial charge in [-0.3, -0.25) is 9.69 Å². The molecule has 1 amide bonds. The molecule has 3 fully saturated rings. The number of carbonyl (C=O) groups is 1. The summed E-state index contributed by atoms with van der Waals surface area (Å²) >= 11 is 0. The number of halogens is 2. The van der Waals surface area contributed by atoms with Crippen LogP contribution in [-0.4, -0.2) is 54.5 Å². The van der Waals surface area contributed by atoms with Crippen LogP contribution in [0.5, 0.6) is 5.75 Å². The molecule has 2 bridgehead atoms. The predicted octanol–water partition coefficient (Wildman–Crippen LogP) is 4.09. The Morgan fingerprint density at radius 2 is 2.04 bits per heavy atom. The first kappa shape index (κ1) is 19.6. The number of methoxy groups -OCH3 is 1. The van der Waals surface area contributed by atoms with Crippen LogP contribution in [0.2, 0.25) is 0 Å². The number of likely N-dealkylation sites (tertiary alicyclic amines) is 1. The Bertz CT molecular complexity index is 739. The smallest absolute Gasteiger partial charge is 0.260 e. The van der Waals surface area contributed by atoms with Crippen LogP contribution in [0.4, 0.5) is 8.78 Å². The van der Waals surface area contributed by atoms with Crippen molar-refractivity contribution in [2.45, 2.75) is 57.5 Å². The number of ether oxygens (including phenoxy) is 1. The molecule has 28 heavy (non-hydrogen) atoms. The molecule has 3 aliphatic heterocycles. The van der Waals surface area contributed by atoms with E-state index in [0.717, 1.165) is 19.0 Å². The minimum absolute atomic E-state index is 0.0990. The number of fused-ring (bicyclic) bond motifs is 4. The standard InChI is InChI=1S/C22H30F2N2O2/c1-3-5-16-6-4-7-18-15-10-14(12-26(16)18)11-25(13-15)22(27)20-19(28-2)9-8-17(23)21(20)24/h8-9,14-16,18H,3-7,10-13H2,1-2H3/t14-,15+,16-,18-/m0/s1. The van der Waals surface area contributed by atoms with Gasteiger partial charge in [-0.2, -0.15) is 0 Å². The first-order valence-electron chi connectivity index (χ1n) is 10.6. The van der Waals surface area contributed by atoms with E-state index in [1.807, 2.05) is 0 Å². The number of hydrogen-bond acceptors (Lipinski definition) is 3. The van der Waals surface area contributed by atoms with Gasteiger partial charge in [0.2, 0.25) is 0 Å². The number of nitrogens with zero attached hydrogens (tertiary/aromatic N) is 2. The highest BCUT2D eigenvalue weighted by Gasteiger charge is 2.45. The zero-order chi connectivity index (χ0) is 19.8. The number of hydrogen-bond donors (Lipinski definition) is 0. The largest absolute Gasteiger partial charge is 0.496 e. The maximum atomic E-state index is 14.4. The topological polar surface area (TPSA) is 32.8 Å². The number of amides is 1. The predicted molar refractivity (Wildman–Crippen MR) is 103 cm³/mol. The number of rotatable bonds is 4. The van der Waals surface area contributed by atoms with Gasteiger partial charge in [0, 0.05) is 31.7 Å². The summed E-state index contributed by atoms with van der Waals surface area (Å²) in [5.74, 6) is -1.65. The molecule has 4 atom stereocenters. The molecule has 0 aliphatic carbocycles. The third kappa shape index (κ3) is 3.40. The Kier molecular flexibility index (Phi) is 5.59. The van der Waals surface area contributed by atoms with Crippen molar-refractivity contribution < 1.29 is 18.3 Å². The van der Waals surface area contributed by atoms with E-state index in [1.165, 1.54) is 45.3 Å². The highest BCUT2D eigenvalue weighted by Crippen LogP contribution is 2.41. The monoisotopic (exact) mass is 392 g/mol. The van der Waals surface area contributed by atoms with Gasteiger partial charge >= 0.3 is 0 Å². The molecule has 3 aliphatic rings. The van der Waals surface area contributed by atoms with Gasteiger partial charge in [0.15, 0.2) is 11.6 Å². The molecule has 154 valence electrons. The van der Waals surface area contributed by atoms with E-state index < -0.39 is 17.5 Å². The molecule has 0 radical (unpaired) electrons. The van der Waals surface area contributed by atoms with Crippen molar-refractivity contribution in [3.05, 3.63) is 29.3 Å². The van der Waals surface area contributed by atoms with Crippen molar-refractivity contribution in [3.8, 4) is 5.75 Å². The van der Waals surface area contributed by atoms with E-state index in [1.54, 1.807) is 4.90 Å². The van der Waals surface area contributed by atoms with Crippen LogP contribution in [0.15, 0.2) is 12.1 Å². The Morgan fingerprint density at radius 3 is 2.79 bits per heavy atom. The van der Waals surface area contributed by atoms with Crippen LogP contribution < -0.4 is 4.74 Å². The van der Waals surface area contributed by atoms with E-state index in [2.05, 4.69) is 11.8 Å². The minimum Gasteiger partial charge on any atom is -0.496 e. The number of carbonyl (C=O) groups excluding carboxylic acids is 1. The lowest BCUT2D eigenvalue weighted by Crippen LogP contribution is -2.62. The molecule has 0 aromatic heterocycles. The Hall–Kier alpha value is -1.69. The fourth-order valence-corrected chi connectivity index (χ4v) is 5.78. The average Bonchev–Trinajstić information content (AvgIpc) is 2.70. The van der Waals surface area contributed by atoms with Gasteiger partial charge in [-0.25, -0.2) is 8.78 Å². The molecule has 3 saturated heterocycles. The molecule has 0 saturated carbocycles. The normalized spacial score (nSPS) is 30.1. The fraction of sp³-hybridized carbons (Fsp3) is 0.682. The number of benzene rings is 1. The lowest BCUT2D eigenvalue weighted by Gasteiger charge is -2.55. The number of piperidine rings is 3. The Morgan fingerprint density at radius 1 is 1.21 bits per heavy atom. The van der Waals surface area contributed by atoms with Gasteiger partial charge in [-0.1, -0.05) is 19.8 Å². The average molecular weight is 392 g/mol. The van der Waals surface area contributed by atoms with Crippen LogP contribution in [-0.2, 0) is 0 Å². The Balaban J connectivity index is 1.56. The van der Waals surface area contributed by atoms with E-state index in [-0.39, 0.29) is 11.3 Å². The Labute approximate surface area is 165 Å². The van der Waals surface area contributed by atoms with Crippen LogP contribution in [0, 0.1) is 23.5 Å². The van der Waals surface area contributed by atoms with Crippen molar-refractivity contribution in [2.75, 3.05) is 26.7 Å². The SMILES string of the molecule is CCC[C@H]1CCC[C@H]2[C@@H]3C[C@@H](CN(C(=O)c4c(OC)ccc(F)c4F)C3)CN12. The van der Waals surface area contributed by atoms with E-state index in [4.69, 9.17) is 4.74 Å². The molecule has 3 heterocycles. The van der Waals surface area contributed by atoms with Crippen molar-refractivity contribution in [3.63, 3.8) is 0 Å². The van der Waals surface area contributed by atoms with Gasteiger partial charge in [0.1, 0.15) is 11.3 Å². The van der Waals surface area contributed by atoms with Crippen LogP contribution in [0.3, 0.4) is 0 Å². The minimum atomic E-state index is -1.11. The summed E-state index contributed by atoms with van der Waals surface area (Å²) in [5.41, 5.74) is -0.271. The molecular formula is C22H30F2N2O2. The molecule has 0 unspecified atom stereocenters. The highest BCUT2D eigenvalue weighted by molar-refractivity contribution is 5.97. The summed E-state index contributed by atoms with van der Waals surface area (Å²) in [7, 11) is 1.38. The first-order chi connectivity index (χ1) is 13.5. The van der Waals surface area contributed by atoms with E-state index in [0.29, 0.717) is 37.0 Å². The zero-order valence-electron chi connectivity index (χ0n) is 16.8. The highest BCUT2D eigenvalue weighted by atomic mass is 19.2. The molecule has 4 rings (SSSR count). The van der Waals surface area contributed by atoms with Gasteiger partial charge in [-0.05, 0) is 49.7 Å². The van der Waals surface area contributed by atoms with Gasteiger partial charge in [0.25, 0.3) is 5.91 Å².